The van der Waals surface area contributed by atoms with E-state index in [0.717, 1.165) is 19.3 Å². The van der Waals surface area contributed by atoms with Crippen LogP contribution in [0.4, 0.5) is 0 Å². The third-order valence-corrected chi connectivity index (χ3v) is 6.20. The number of hydrogen-bond acceptors (Lipinski definition) is 10. The first kappa shape index (κ1) is 25.2. The van der Waals surface area contributed by atoms with Crippen LogP contribution in [0.25, 0.3) is 0 Å². The van der Waals surface area contributed by atoms with Gasteiger partial charge in [0.05, 0.1) is 24.4 Å². The summed E-state index contributed by atoms with van der Waals surface area (Å²) in [4.78, 5) is 13.4. The Hall–Kier alpha value is -1.95. The van der Waals surface area contributed by atoms with Crippen molar-refractivity contribution in [3.05, 3.63) is 23.3 Å². The average molecular weight is 483 g/mol. The fraction of sp³-hybridized carbons (Fsp3) is 0.708. The summed E-state index contributed by atoms with van der Waals surface area (Å²) in [5.41, 5.74) is 0.983. The lowest BCUT2D eigenvalue weighted by molar-refractivity contribution is -0.180. The van der Waals surface area contributed by atoms with Crippen LogP contribution < -0.4 is 9.47 Å². The van der Waals surface area contributed by atoms with Gasteiger partial charge in [0.15, 0.2) is 13.6 Å². The molecule has 0 aliphatic carbocycles. The lowest BCUT2D eigenvalue weighted by Crippen LogP contribution is -2.43. The summed E-state index contributed by atoms with van der Waals surface area (Å²) >= 11 is 0. The van der Waals surface area contributed by atoms with Crippen LogP contribution in [0.2, 0.25) is 0 Å². The Bertz CT molecular complexity index is 830. The minimum atomic E-state index is -0.497. The molecule has 0 spiro atoms. The Labute approximate surface area is 199 Å². The minimum absolute atomic E-state index is 0.0327. The van der Waals surface area contributed by atoms with Crippen LogP contribution in [0.5, 0.6) is 11.5 Å². The van der Waals surface area contributed by atoms with Crippen molar-refractivity contribution in [3.8, 4) is 11.5 Å². The highest BCUT2D eigenvalue weighted by molar-refractivity contribution is 5.95. The highest BCUT2D eigenvalue weighted by Crippen LogP contribution is 2.48. The third kappa shape index (κ3) is 5.99. The number of methoxy groups -OCH3 is 3. The van der Waals surface area contributed by atoms with Gasteiger partial charge in [0.25, 0.3) is 0 Å². The normalized spacial score (nSPS) is 30.8. The van der Waals surface area contributed by atoms with E-state index in [0.29, 0.717) is 29.0 Å². The van der Waals surface area contributed by atoms with Crippen molar-refractivity contribution in [2.75, 3.05) is 41.7 Å². The molecule has 1 aromatic rings. The number of ether oxygens (including phenoxy) is 9. The SMILES string of the molecule is COCOc1cc(OCOC)c2c(c1)[C@@H]1O[C@@H]1C[C@@H]1CC[C@H](OCOC)[C@@H](C[C@H](C)OC2=O)O1. The molecule has 0 saturated carbocycles. The second kappa shape index (κ2) is 11.7. The van der Waals surface area contributed by atoms with Gasteiger partial charge >= 0.3 is 5.97 Å². The molecule has 0 amide bonds. The topological polar surface area (TPSA) is 103 Å². The van der Waals surface area contributed by atoms with Crippen molar-refractivity contribution < 1.29 is 47.4 Å². The van der Waals surface area contributed by atoms with Gasteiger partial charge in [0.1, 0.15) is 36.1 Å². The molecular formula is C24H34O10. The molecule has 10 nitrogen and oxygen atoms in total. The molecule has 3 aliphatic heterocycles. The van der Waals surface area contributed by atoms with Gasteiger partial charge in [0.2, 0.25) is 0 Å². The molecule has 0 radical (unpaired) electrons. The highest BCUT2D eigenvalue weighted by atomic mass is 16.7. The standard InChI is InChI=1S/C24H34O10/c1-14-7-19-18(30-12-27-3)6-5-15(33-19)9-21-23(34-21)17-8-16(29-11-26-2)10-20(31-13-28-4)22(17)24(25)32-14/h8,10,14-15,18-19,21,23H,5-7,9,11-13H2,1-4H3/t14-,15-,18-,19+,21+,23-/m0/s1. The zero-order valence-corrected chi connectivity index (χ0v) is 20.2. The summed E-state index contributed by atoms with van der Waals surface area (Å²) in [5, 5.41) is 0. The Morgan fingerprint density at radius 1 is 0.912 bits per heavy atom. The van der Waals surface area contributed by atoms with Crippen molar-refractivity contribution in [3.63, 3.8) is 0 Å². The molecular weight excluding hydrogens is 448 g/mol. The number of cyclic esters (lactones) is 1. The van der Waals surface area contributed by atoms with Crippen molar-refractivity contribution in [2.24, 2.45) is 0 Å². The van der Waals surface area contributed by atoms with Gasteiger partial charge in [-0.2, -0.15) is 0 Å². The van der Waals surface area contributed by atoms with E-state index in [1.807, 2.05) is 6.92 Å². The molecule has 0 unspecified atom stereocenters. The quantitative estimate of drug-likeness (QED) is 0.296. The molecule has 34 heavy (non-hydrogen) atoms. The lowest BCUT2D eigenvalue weighted by atomic mass is 9.93. The molecule has 10 heteroatoms. The lowest BCUT2D eigenvalue weighted by Gasteiger charge is -2.37. The summed E-state index contributed by atoms with van der Waals surface area (Å²) in [6.45, 7) is 2.07. The maximum Gasteiger partial charge on any atom is 0.342 e. The second-order valence-electron chi connectivity index (χ2n) is 8.76. The van der Waals surface area contributed by atoms with Crippen molar-refractivity contribution in [2.45, 2.75) is 69.2 Å². The van der Waals surface area contributed by atoms with E-state index in [9.17, 15) is 4.79 Å². The minimum Gasteiger partial charge on any atom is -0.467 e. The fourth-order valence-corrected chi connectivity index (χ4v) is 4.64. The first-order valence-corrected chi connectivity index (χ1v) is 11.6. The first-order valence-electron chi connectivity index (χ1n) is 11.6. The maximum absolute atomic E-state index is 13.4. The Balaban J connectivity index is 1.64. The number of rotatable bonds is 9. The Morgan fingerprint density at radius 2 is 1.68 bits per heavy atom. The van der Waals surface area contributed by atoms with Gasteiger partial charge in [0, 0.05) is 45.8 Å². The largest absolute Gasteiger partial charge is 0.467 e. The molecule has 6 atom stereocenters. The summed E-state index contributed by atoms with van der Waals surface area (Å²) in [5.74, 6) is 0.316. The number of hydrogen-bond donors (Lipinski definition) is 0. The van der Waals surface area contributed by atoms with E-state index < -0.39 is 12.1 Å². The van der Waals surface area contributed by atoms with Gasteiger partial charge in [-0.25, -0.2) is 4.79 Å². The Kier molecular flexibility index (Phi) is 8.62. The molecule has 2 fully saturated rings. The summed E-state index contributed by atoms with van der Waals surface area (Å²) < 4.78 is 50.7. The van der Waals surface area contributed by atoms with E-state index in [1.165, 1.54) is 14.2 Å². The predicted octanol–water partition coefficient (Wildman–Crippen LogP) is 2.97. The van der Waals surface area contributed by atoms with Crippen LogP contribution >= 0.6 is 0 Å². The van der Waals surface area contributed by atoms with E-state index in [-0.39, 0.29) is 50.9 Å². The van der Waals surface area contributed by atoms with Gasteiger partial charge < -0.3 is 42.6 Å². The Morgan fingerprint density at radius 3 is 2.44 bits per heavy atom. The number of esters is 1. The summed E-state index contributed by atoms with van der Waals surface area (Å²) in [6, 6.07) is 3.42. The van der Waals surface area contributed by atoms with Crippen molar-refractivity contribution >= 4 is 5.97 Å². The molecule has 0 N–H and O–H groups in total. The number of epoxide rings is 1. The van der Waals surface area contributed by atoms with Gasteiger partial charge in [-0.3, -0.25) is 0 Å². The van der Waals surface area contributed by atoms with Gasteiger partial charge in [-0.15, -0.1) is 0 Å². The fourth-order valence-electron chi connectivity index (χ4n) is 4.64. The van der Waals surface area contributed by atoms with Crippen LogP contribution in [0.15, 0.2) is 12.1 Å². The van der Waals surface area contributed by atoms with E-state index in [4.69, 9.17) is 42.6 Å². The van der Waals surface area contributed by atoms with E-state index in [1.54, 1.807) is 19.2 Å². The van der Waals surface area contributed by atoms with Crippen LogP contribution in [0.1, 0.15) is 54.6 Å². The molecule has 4 rings (SSSR count). The molecule has 3 heterocycles. The molecule has 0 aromatic heterocycles. The monoisotopic (exact) mass is 482 g/mol. The predicted molar refractivity (Wildman–Crippen MR) is 118 cm³/mol. The number of carbonyl (C=O) groups is 1. The first-order chi connectivity index (χ1) is 16.5. The van der Waals surface area contributed by atoms with E-state index in [2.05, 4.69) is 0 Å². The maximum atomic E-state index is 13.4. The van der Waals surface area contributed by atoms with Gasteiger partial charge in [-0.05, 0) is 25.8 Å². The average Bonchev–Trinajstić information content (AvgIpc) is 3.58. The zero-order chi connectivity index (χ0) is 24.1. The number of carbonyl (C=O) groups excluding carboxylic acids is 1. The summed E-state index contributed by atoms with van der Waals surface area (Å²) in [7, 11) is 4.64. The third-order valence-electron chi connectivity index (χ3n) is 6.20. The zero-order valence-electron chi connectivity index (χ0n) is 20.2. The summed E-state index contributed by atoms with van der Waals surface area (Å²) in [6.07, 6.45) is 1.85. The van der Waals surface area contributed by atoms with Crippen LogP contribution in [-0.2, 0) is 33.2 Å². The molecule has 1 aromatic carbocycles. The number of benzene rings is 1. The molecule has 2 bridgehead atoms. The molecule has 2 saturated heterocycles. The smallest absolute Gasteiger partial charge is 0.342 e. The van der Waals surface area contributed by atoms with Crippen molar-refractivity contribution in [1.82, 2.24) is 0 Å². The second-order valence-corrected chi connectivity index (χ2v) is 8.76. The molecule has 190 valence electrons. The number of fused-ring (bicyclic) bond motifs is 5. The van der Waals surface area contributed by atoms with Crippen LogP contribution in [0, 0.1) is 0 Å². The highest BCUT2D eigenvalue weighted by Gasteiger charge is 2.47. The van der Waals surface area contributed by atoms with Crippen molar-refractivity contribution in [1.29, 1.82) is 0 Å². The molecule has 3 aliphatic rings. The van der Waals surface area contributed by atoms with Crippen LogP contribution in [0.3, 0.4) is 0 Å². The van der Waals surface area contributed by atoms with Crippen LogP contribution in [-0.4, -0.2) is 78.2 Å². The van der Waals surface area contributed by atoms with E-state index >= 15 is 0 Å². The van der Waals surface area contributed by atoms with Gasteiger partial charge in [-0.1, -0.05) is 0 Å².